The fourth-order valence-electron chi connectivity index (χ4n) is 3.15. The van der Waals surface area contributed by atoms with Crippen LogP contribution in [0.25, 0.3) is 11.2 Å². The van der Waals surface area contributed by atoms with Gasteiger partial charge in [0.25, 0.3) is 0 Å². The van der Waals surface area contributed by atoms with Crippen LogP contribution in [-0.4, -0.2) is 61.9 Å². The number of esters is 1. The highest BCUT2D eigenvalue weighted by Gasteiger charge is 2.47. The molecule has 206 valence electrons. The third kappa shape index (κ3) is 7.37. The van der Waals surface area contributed by atoms with Gasteiger partial charge in [-0.2, -0.15) is 9.97 Å². The minimum absolute atomic E-state index is 0.0119. The molecule has 1 aliphatic carbocycles. The molecule has 15 heteroatoms. The van der Waals surface area contributed by atoms with Crippen LogP contribution in [0.1, 0.15) is 53.9 Å². The predicted octanol–water partition coefficient (Wildman–Crippen LogP) is 2.77. The third-order valence-electron chi connectivity index (χ3n) is 5.95. The minimum Gasteiger partial charge on any atom is -0.481 e. The molecule has 1 fully saturated rings. The van der Waals surface area contributed by atoms with Crippen molar-refractivity contribution in [2.75, 3.05) is 31.2 Å². The van der Waals surface area contributed by atoms with E-state index < -0.39 is 49.1 Å². The second kappa shape index (κ2) is 10.5. The summed E-state index contributed by atoms with van der Waals surface area (Å²) in [5, 5.41) is 9.33. The fourth-order valence-corrected chi connectivity index (χ4v) is 4.39. The van der Waals surface area contributed by atoms with Gasteiger partial charge < -0.3 is 35.1 Å². The van der Waals surface area contributed by atoms with Crippen molar-refractivity contribution in [1.82, 2.24) is 19.5 Å². The number of ether oxygens (including phenoxy) is 2. The summed E-state index contributed by atoms with van der Waals surface area (Å²) < 4.78 is 37.2. The van der Waals surface area contributed by atoms with Crippen molar-refractivity contribution in [3.8, 4) is 0 Å². The van der Waals surface area contributed by atoms with Gasteiger partial charge in [-0.15, -0.1) is 0 Å². The van der Waals surface area contributed by atoms with Crippen molar-refractivity contribution in [1.29, 1.82) is 0 Å². The number of anilines is 2. The Bertz CT molecular complexity index is 1200. The number of nitrogen functional groups attached to an aromatic ring is 2. The number of nitrogens with two attached hydrogens (primary N) is 2. The molecule has 0 amide bonds. The number of carbonyl (C=O) groups excluding carboxylic acids is 1. The molecule has 0 saturated heterocycles. The molecule has 0 spiro atoms. The van der Waals surface area contributed by atoms with Crippen LogP contribution in [0.15, 0.2) is 6.33 Å². The molecule has 3 rings (SSSR count). The summed E-state index contributed by atoms with van der Waals surface area (Å²) in [4.78, 5) is 35.8. The van der Waals surface area contributed by atoms with E-state index in [1.54, 1.807) is 31.7 Å². The van der Waals surface area contributed by atoms with Crippen molar-refractivity contribution >= 4 is 42.5 Å². The van der Waals surface area contributed by atoms with E-state index in [9.17, 15) is 19.3 Å². The second-order valence-electron chi connectivity index (χ2n) is 10.8. The number of hydrogen-bond acceptors (Lipinski definition) is 12. The molecule has 0 bridgehead atoms. The van der Waals surface area contributed by atoms with Crippen LogP contribution in [0.2, 0.25) is 0 Å². The number of hydrogen-bond donors (Lipinski definition) is 3. The maximum Gasteiger partial charge on any atom is 0.359 e. The van der Waals surface area contributed by atoms with Gasteiger partial charge in [0.2, 0.25) is 12.7 Å². The number of carboxylic acids is 1. The first-order valence-electron chi connectivity index (χ1n) is 11.7. The van der Waals surface area contributed by atoms with Crippen molar-refractivity contribution in [3.63, 3.8) is 0 Å². The number of rotatable bonds is 13. The van der Waals surface area contributed by atoms with Crippen LogP contribution in [0.4, 0.5) is 11.8 Å². The molecule has 1 unspecified atom stereocenters. The minimum atomic E-state index is -3.94. The van der Waals surface area contributed by atoms with Gasteiger partial charge in [-0.1, -0.05) is 0 Å². The maximum atomic E-state index is 13.5. The van der Waals surface area contributed by atoms with Crippen LogP contribution in [-0.2, 0) is 39.2 Å². The van der Waals surface area contributed by atoms with Gasteiger partial charge in [0.05, 0.1) is 35.9 Å². The van der Waals surface area contributed by atoms with Crippen molar-refractivity contribution in [2.24, 2.45) is 10.8 Å². The summed E-state index contributed by atoms with van der Waals surface area (Å²) in [6.07, 6.45) is 2.51. The molecule has 2 aromatic heterocycles. The summed E-state index contributed by atoms with van der Waals surface area (Å²) in [6, 6.07) is 0. The molecule has 2 heterocycles. The molecule has 0 aliphatic heterocycles. The van der Waals surface area contributed by atoms with E-state index in [1.165, 1.54) is 13.8 Å². The standard InChI is InChI=1S/C22H35N6O8P/c1-20(2,3)18(31)33-12-36-37(32,35-9-8-21(4,5)17(29)30)13-34-22(6-7-22)10-28-11-25-14-15(23)26-19(24)27-16(14)28/h11H,6-10,12-13H2,1-5H3,(H,29,30)(H4,23,24,26,27). The Morgan fingerprint density at radius 1 is 1.16 bits per heavy atom. The average molecular weight is 543 g/mol. The zero-order valence-electron chi connectivity index (χ0n) is 21.7. The van der Waals surface area contributed by atoms with Crippen molar-refractivity contribution in [2.45, 2.75) is 66.0 Å². The largest absolute Gasteiger partial charge is 0.481 e. The van der Waals surface area contributed by atoms with Gasteiger partial charge in [0.15, 0.2) is 11.5 Å². The van der Waals surface area contributed by atoms with Crippen LogP contribution in [0.3, 0.4) is 0 Å². The van der Waals surface area contributed by atoms with Gasteiger partial charge in [-0.3, -0.25) is 18.7 Å². The highest BCUT2D eigenvalue weighted by Crippen LogP contribution is 2.52. The maximum absolute atomic E-state index is 13.5. The van der Waals surface area contributed by atoms with Gasteiger partial charge in [0, 0.05) is 0 Å². The number of aromatic nitrogens is 4. The zero-order valence-corrected chi connectivity index (χ0v) is 22.6. The van der Waals surface area contributed by atoms with Gasteiger partial charge >= 0.3 is 19.5 Å². The molecule has 1 aliphatic rings. The lowest BCUT2D eigenvalue weighted by Gasteiger charge is -2.25. The topological polar surface area (TPSA) is 204 Å². The number of carboxylic acid groups (broad SMARTS) is 1. The van der Waals surface area contributed by atoms with E-state index >= 15 is 0 Å². The van der Waals surface area contributed by atoms with Gasteiger partial charge in [-0.25, -0.2) is 4.98 Å². The summed E-state index contributed by atoms with van der Waals surface area (Å²) in [6.45, 7) is 7.63. The number of aliphatic carboxylic acids is 1. The number of imidazole rings is 1. The number of fused-ring (bicyclic) bond motifs is 1. The van der Waals surface area contributed by atoms with E-state index in [1.807, 2.05) is 0 Å². The summed E-state index contributed by atoms with van der Waals surface area (Å²) in [5.41, 5.74) is 9.88. The quantitative estimate of drug-likeness (QED) is 0.189. The first-order chi connectivity index (χ1) is 17.1. The van der Waals surface area contributed by atoms with Crippen LogP contribution in [0, 0.1) is 10.8 Å². The number of nitrogens with zero attached hydrogens (tertiary/aromatic N) is 4. The molecular weight excluding hydrogens is 507 g/mol. The van der Waals surface area contributed by atoms with E-state index in [0.29, 0.717) is 30.6 Å². The lowest BCUT2D eigenvalue weighted by atomic mass is 9.90. The van der Waals surface area contributed by atoms with Crippen molar-refractivity contribution in [3.05, 3.63) is 6.33 Å². The number of carbonyl (C=O) groups is 2. The first-order valence-corrected chi connectivity index (χ1v) is 13.5. The summed E-state index contributed by atoms with van der Waals surface area (Å²) in [5.74, 6) is -1.39. The highest BCUT2D eigenvalue weighted by molar-refractivity contribution is 7.53. The molecule has 2 aromatic rings. The lowest BCUT2D eigenvalue weighted by molar-refractivity contribution is -0.160. The van der Waals surface area contributed by atoms with E-state index in [2.05, 4.69) is 15.0 Å². The Morgan fingerprint density at radius 3 is 2.43 bits per heavy atom. The highest BCUT2D eigenvalue weighted by atomic mass is 31.2. The lowest BCUT2D eigenvalue weighted by Crippen LogP contribution is -2.26. The Morgan fingerprint density at radius 2 is 1.84 bits per heavy atom. The fraction of sp³-hybridized carbons (Fsp3) is 0.682. The molecule has 1 atom stereocenters. The summed E-state index contributed by atoms with van der Waals surface area (Å²) >= 11 is 0. The Kier molecular flexibility index (Phi) is 8.18. The van der Waals surface area contributed by atoms with Crippen LogP contribution < -0.4 is 11.5 Å². The van der Waals surface area contributed by atoms with Gasteiger partial charge in [-0.05, 0) is 53.9 Å². The molecule has 37 heavy (non-hydrogen) atoms. The SMILES string of the molecule is CC(C)(C)C(=O)OCOP(=O)(COC1(Cn2cnc3c(N)nc(N)nc32)CC1)OCCC(C)(C)C(=O)O. The molecular formula is C22H35N6O8P. The van der Waals surface area contributed by atoms with E-state index in [4.69, 9.17) is 30.0 Å². The van der Waals surface area contributed by atoms with Crippen LogP contribution >= 0.6 is 7.60 Å². The smallest absolute Gasteiger partial charge is 0.359 e. The Balaban J connectivity index is 1.68. The molecule has 14 nitrogen and oxygen atoms in total. The normalized spacial score (nSPS) is 16.9. The second-order valence-corrected chi connectivity index (χ2v) is 12.8. The van der Waals surface area contributed by atoms with Crippen LogP contribution in [0.5, 0.6) is 0 Å². The molecule has 0 aromatic carbocycles. The summed E-state index contributed by atoms with van der Waals surface area (Å²) in [7, 11) is -3.94. The average Bonchev–Trinajstić information content (AvgIpc) is 3.43. The molecule has 1 saturated carbocycles. The van der Waals surface area contributed by atoms with Crippen molar-refractivity contribution < 1.29 is 37.8 Å². The van der Waals surface area contributed by atoms with Gasteiger partial charge in [0.1, 0.15) is 11.9 Å². The Labute approximate surface area is 214 Å². The molecule has 0 radical (unpaired) electrons. The monoisotopic (exact) mass is 542 g/mol. The third-order valence-corrected chi connectivity index (χ3v) is 7.47. The zero-order chi connectivity index (χ0) is 27.6. The van der Waals surface area contributed by atoms with E-state index in [0.717, 1.165) is 0 Å². The first kappa shape index (κ1) is 28.8. The van der Waals surface area contributed by atoms with E-state index in [-0.39, 0.29) is 24.8 Å². The Hall–Kier alpha value is -2.80. The predicted molar refractivity (Wildman–Crippen MR) is 133 cm³/mol. The molecule has 5 N–H and O–H groups in total.